The Kier molecular flexibility index (Phi) is 4.60. The van der Waals surface area contributed by atoms with Crippen LogP contribution in [0.4, 0.5) is 0 Å². The molecule has 0 bridgehead atoms. The molecule has 2 nitrogen and oxygen atoms in total. The van der Waals surface area contributed by atoms with Crippen LogP contribution in [-0.2, 0) is 0 Å². The van der Waals surface area contributed by atoms with Crippen LogP contribution in [-0.4, -0.2) is 12.4 Å². The zero-order valence-corrected chi connectivity index (χ0v) is 10.2. The minimum absolute atomic E-state index is 0.288. The zero-order valence-electron chi connectivity index (χ0n) is 10.2. The monoisotopic (exact) mass is 232 g/mol. The van der Waals surface area contributed by atoms with Crippen LogP contribution in [0.15, 0.2) is 24.3 Å². The lowest BCUT2D eigenvalue weighted by atomic mass is 9.98. The molecule has 0 spiro atoms. The topological polar surface area (TPSA) is 26.3 Å². The van der Waals surface area contributed by atoms with Gasteiger partial charge in [0.1, 0.15) is 5.75 Å². The molecule has 0 unspecified atom stereocenters. The molecule has 0 radical (unpaired) electrons. The van der Waals surface area contributed by atoms with Gasteiger partial charge in [-0.25, -0.2) is 0 Å². The highest BCUT2D eigenvalue weighted by Crippen LogP contribution is 2.24. The number of carbonyl (C=O) groups is 1. The first-order chi connectivity index (χ1) is 8.40. The number of carbonyl (C=O) groups excluding carboxylic acids is 1. The molecule has 2 rings (SSSR count). The molecule has 0 amide bonds. The Bertz CT molecular complexity index is 352. The van der Waals surface area contributed by atoms with E-state index in [2.05, 4.69) is 0 Å². The number of para-hydroxylation sites is 1. The lowest BCUT2D eigenvalue weighted by Crippen LogP contribution is -2.18. The van der Waals surface area contributed by atoms with Gasteiger partial charge >= 0.3 is 0 Å². The van der Waals surface area contributed by atoms with Gasteiger partial charge in [-0.3, -0.25) is 4.79 Å². The van der Waals surface area contributed by atoms with Gasteiger partial charge in [0, 0.05) is 0 Å². The smallest absolute Gasteiger partial charge is 0.153 e. The second-order valence-electron chi connectivity index (χ2n) is 4.74. The molecule has 1 aliphatic rings. The van der Waals surface area contributed by atoms with E-state index in [1.807, 2.05) is 24.3 Å². The van der Waals surface area contributed by atoms with Crippen molar-refractivity contribution in [2.24, 2.45) is 0 Å². The molecule has 0 saturated heterocycles. The summed E-state index contributed by atoms with van der Waals surface area (Å²) in [7, 11) is 0. The quantitative estimate of drug-likeness (QED) is 0.736. The number of rotatable bonds is 3. The Hall–Kier alpha value is -1.31. The average Bonchev–Trinajstić information content (AvgIpc) is 2.33. The average molecular weight is 232 g/mol. The van der Waals surface area contributed by atoms with Crippen molar-refractivity contribution in [2.75, 3.05) is 0 Å². The van der Waals surface area contributed by atoms with E-state index in [1.54, 1.807) is 0 Å². The van der Waals surface area contributed by atoms with Crippen LogP contribution >= 0.6 is 0 Å². The summed E-state index contributed by atoms with van der Waals surface area (Å²) in [6, 6.07) is 7.49. The molecule has 0 aliphatic heterocycles. The SMILES string of the molecule is O=Cc1ccccc1OC1CCCCCCC1. The minimum atomic E-state index is 0.288. The van der Waals surface area contributed by atoms with Gasteiger partial charge in [-0.15, -0.1) is 0 Å². The predicted octanol–water partition coefficient (Wildman–Crippen LogP) is 3.99. The molecular weight excluding hydrogens is 212 g/mol. The molecular formula is C15H20O2. The molecule has 1 aliphatic carbocycles. The first kappa shape index (κ1) is 12.2. The normalized spacial score (nSPS) is 18.1. The maximum Gasteiger partial charge on any atom is 0.153 e. The lowest BCUT2D eigenvalue weighted by Gasteiger charge is -2.22. The van der Waals surface area contributed by atoms with Crippen molar-refractivity contribution >= 4 is 6.29 Å². The van der Waals surface area contributed by atoms with Crippen molar-refractivity contribution < 1.29 is 9.53 Å². The summed E-state index contributed by atoms with van der Waals surface area (Å²) >= 11 is 0. The van der Waals surface area contributed by atoms with Crippen LogP contribution in [0.5, 0.6) is 5.75 Å². The molecule has 0 N–H and O–H groups in total. The van der Waals surface area contributed by atoms with Crippen molar-refractivity contribution in [2.45, 2.75) is 51.0 Å². The largest absolute Gasteiger partial charge is 0.490 e. The summed E-state index contributed by atoms with van der Waals surface area (Å²) in [6.45, 7) is 0. The summed E-state index contributed by atoms with van der Waals surface area (Å²) in [5.41, 5.74) is 0.662. The van der Waals surface area contributed by atoms with Crippen LogP contribution in [0, 0.1) is 0 Å². The van der Waals surface area contributed by atoms with E-state index in [1.165, 1.54) is 32.1 Å². The Morgan fingerprint density at radius 3 is 2.35 bits per heavy atom. The molecule has 0 heterocycles. The molecule has 17 heavy (non-hydrogen) atoms. The molecule has 1 aromatic carbocycles. The van der Waals surface area contributed by atoms with Gasteiger partial charge < -0.3 is 4.74 Å². The fourth-order valence-electron chi connectivity index (χ4n) is 2.40. The Morgan fingerprint density at radius 1 is 1.00 bits per heavy atom. The highest BCUT2D eigenvalue weighted by Gasteiger charge is 2.14. The number of hydrogen-bond donors (Lipinski definition) is 0. The zero-order chi connectivity index (χ0) is 11.9. The van der Waals surface area contributed by atoms with Crippen molar-refractivity contribution in [3.63, 3.8) is 0 Å². The van der Waals surface area contributed by atoms with Gasteiger partial charge in [0.15, 0.2) is 6.29 Å². The summed E-state index contributed by atoms with van der Waals surface area (Å²) in [5.74, 6) is 0.744. The summed E-state index contributed by atoms with van der Waals surface area (Å²) in [5, 5.41) is 0. The van der Waals surface area contributed by atoms with Crippen LogP contribution in [0.1, 0.15) is 55.3 Å². The number of hydrogen-bond acceptors (Lipinski definition) is 2. The second kappa shape index (κ2) is 6.43. The number of benzene rings is 1. The molecule has 1 aromatic rings. The van der Waals surface area contributed by atoms with Crippen LogP contribution in [0.25, 0.3) is 0 Å². The van der Waals surface area contributed by atoms with E-state index in [0.29, 0.717) is 5.56 Å². The third-order valence-corrected chi connectivity index (χ3v) is 3.39. The second-order valence-corrected chi connectivity index (χ2v) is 4.74. The predicted molar refractivity (Wildman–Crippen MR) is 68.6 cm³/mol. The van der Waals surface area contributed by atoms with Gasteiger partial charge in [-0.2, -0.15) is 0 Å². The summed E-state index contributed by atoms with van der Waals surface area (Å²) in [6.07, 6.45) is 9.87. The van der Waals surface area contributed by atoms with E-state index in [-0.39, 0.29) is 6.10 Å². The van der Waals surface area contributed by atoms with Gasteiger partial charge in [0.2, 0.25) is 0 Å². The Balaban J connectivity index is 2.00. The van der Waals surface area contributed by atoms with Crippen molar-refractivity contribution in [1.29, 1.82) is 0 Å². The highest BCUT2D eigenvalue weighted by molar-refractivity contribution is 5.79. The fourth-order valence-corrected chi connectivity index (χ4v) is 2.40. The molecule has 1 fully saturated rings. The minimum Gasteiger partial charge on any atom is -0.490 e. The molecule has 92 valence electrons. The number of ether oxygens (including phenoxy) is 1. The van der Waals surface area contributed by atoms with Crippen LogP contribution in [0.3, 0.4) is 0 Å². The summed E-state index contributed by atoms with van der Waals surface area (Å²) in [4.78, 5) is 10.9. The lowest BCUT2D eigenvalue weighted by molar-refractivity contribution is 0.111. The maximum absolute atomic E-state index is 10.9. The van der Waals surface area contributed by atoms with Crippen molar-refractivity contribution in [3.8, 4) is 5.75 Å². The third-order valence-electron chi connectivity index (χ3n) is 3.39. The van der Waals surface area contributed by atoms with Crippen molar-refractivity contribution in [3.05, 3.63) is 29.8 Å². The Morgan fingerprint density at radius 2 is 1.65 bits per heavy atom. The van der Waals surface area contributed by atoms with E-state index in [0.717, 1.165) is 24.9 Å². The first-order valence-electron chi connectivity index (χ1n) is 6.61. The first-order valence-corrected chi connectivity index (χ1v) is 6.61. The molecule has 1 saturated carbocycles. The maximum atomic E-state index is 10.9. The molecule has 2 heteroatoms. The van der Waals surface area contributed by atoms with Crippen LogP contribution < -0.4 is 4.74 Å². The molecule has 0 atom stereocenters. The van der Waals surface area contributed by atoms with Crippen molar-refractivity contribution in [1.82, 2.24) is 0 Å². The van der Waals surface area contributed by atoms with Crippen LogP contribution in [0.2, 0.25) is 0 Å². The van der Waals surface area contributed by atoms with Gasteiger partial charge in [0.25, 0.3) is 0 Å². The third kappa shape index (κ3) is 3.58. The standard InChI is InChI=1S/C15H20O2/c16-12-13-8-6-7-11-15(13)17-14-9-4-2-1-3-5-10-14/h6-8,11-12,14H,1-5,9-10H2. The van der Waals surface area contributed by atoms with Gasteiger partial charge in [-0.05, 0) is 37.8 Å². The van der Waals surface area contributed by atoms with E-state index in [4.69, 9.17) is 4.74 Å². The van der Waals surface area contributed by atoms with E-state index in [9.17, 15) is 4.79 Å². The van der Waals surface area contributed by atoms with E-state index < -0.39 is 0 Å². The number of aldehydes is 1. The van der Waals surface area contributed by atoms with Gasteiger partial charge in [0.05, 0.1) is 11.7 Å². The van der Waals surface area contributed by atoms with Gasteiger partial charge in [-0.1, -0.05) is 31.4 Å². The van der Waals surface area contributed by atoms with E-state index >= 15 is 0 Å². The Labute approximate surface area is 103 Å². The molecule has 0 aromatic heterocycles. The highest BCUT2D eigenvalue weighted by atomic mass is 16.5. The summed E-state index contributed by atoms with van der Waals surface area (Å²) < 4.78 is 5.98. The fraction of sp³-hybridized carbons (Fsp3) is 0.533.